The zero-order valence-electron chi connectivity index (χ0n) is 23.2. The van der Waals surface area contributed by atoms with Gasteiger partial charge in [-0.1, -0.05) is 0 Å². The topological polar surface area (TPSA) is 226 Å². The van der Waals surface area contributed by atoms with Gasteiger partial charge in [-0.3, -0.25) is 28.8 Å². The van der Waals surface area contributed by atoms with Crippen molar-refractivity contribution >= 4 is 35.8 Å². The van der Waals surface area contributed by atoms with Crippen molar-refractivity contribution in [3.8, 4) is 0 Å². The van der Waals surface area contributed by atoms with Gasteiger partial charge in [0, 0.05) is 41.5 Å². The van der Waals surface area contributed by atoms with E-state index in [4.69, 9.17) is 42.6 Å². The smallest absolute Gasteiger partial charge is 0.303 e. The van der Waals surface area contributed by atoms with Gasteiger partial charge in [0.25, 0.3) is 0 Å². The van der Waals surface area contributed by atoms with E-state index in [1.807, 2.05) is 0 Å². The lowest BCUT2D eigenvalue weighted by atomic mass is 9.96. The first-order chi connectivity index (χ1) is 19.1. The van der Waals surface area contributed by atoms with Crippen LogP contribution in [0.2, 0.25) is 0 Å². The second-order valence-corrected chi connectivity index (χ2v) is 9.10. The predicted molar refractivity (Wildman–Crippen MR) is 126 cm³/mol. The Bertz CT molecular complexity index is 981. The maximum Gasteiger partial charge on any atom is 0.303 e. The van der Waals surface area contributed by atoms with Crippen LogP contribution in [-0.2, 0) is 71.4 Å². The fourth-order valence-corrected chi connectivity index (χ4v) is 4.17. The molecule has 2 aliphatic rings. The Morgan fingerprint density at radius 2 is 0.976 bits per heavy atom. The van der Waals surface area contributed by atoms with Gasteiger partial charge in [0.2, 0.25) is 0 Å². The van der Waals surface area contributed by atoms with E-state index < -0.39 is 110 Å². The van der Waals surface area contributed by atoms with Crippen LogP contribution in [-0.4, -0.2) is 121 Å². The van der Waals surface area contributed by atoms with Gasteiger partial charge in [0.1, 0.15) is 37.6 Å². The molecule has 0 spiro atoms. The standard InChI is InChI=1S/C24H34O17/c1-9(25)33-7-15-17(31)19(35-11(3)27)22(38-14(6)30)24(40-15)41-18-16(8-34-10(2)26)39-23(32)21(37-13(5)29)20(18)36-12(4)28/h15-24,31-32H,7-8H2,1-6H3/t15-,16-,17-,18+,19-,20+,21+,22-,23-,24-/m0/s1. The Morgan fingerprint density at radius 1 is 0.537 bits per heavy atom. The van der Waals surface area contributed by atoms with Crippen LogP contribution in [0.1, 0.15) is 41.5 Å². The molecular formula is C24H34O17. The highest BCUT2D eigenvalue weighted by atomic mass is 16.8. The van der Waals surface area contributed by atoms with Gasteiger partial charge in [-0.2, -0.15) is 0 Å². The lowest BCUT2D eigenvalue weighted by Gasteiger charge is -2.47. The molecule has 2 N–H and O–H groups in total. The van der Waals surface area contributed by atoms with Gasteiger partial charge >= 0.3 is 35.8 Å². The minimum Gasteiger partial charge on any atom is -0.463 e. The first-order valence-electron chi connectivity index (χ1n) is 12.4. The summed E-state index contributed by atoms with van der Waals surface area (Å²) in [7, 11) is 0. The predicted octanol–water partition coefficient (Wildman–Crippen LogP) is -1.97. The van der Waals surface area contributed by atoms with Gasteiger partial charge in [0.05, 0.1) is 0 Å². The Labute approximate surface area is 234 Å². The normalized spacial score (nSPS) is 33.1. The van der Waals surface area contributed by atoms with Crippen LogP contribution in [0.15, 0.2) is 0 Å². The average molecular weight is 595 g/mol. The molecule has 17 nitrogen and oxygen atoms in total. The molecule has 0 amide bonds. The largest absolute Gasteiger partial charge is 0.463 e. The van der Waals surface area contributed by atoms with E-state index in [0.29, 0.717) is 0 Å². The first-order valence-corrected chi connectivity index (χ1v) is 12.4. The number of ether oxygens (including phenoxy) is 9. The first kappa shape index (κ1) is 33.8. The average Bonchev–Trinajstić information content (AvgIpc) is 2.83. The maximum absolute atomic E-state index is 12.0. The molecule has 0 saturated carbocycles. The Morgan fingerprint density at radius 3 is 1.46 bits per heavy atom. The molecule has 2 saturated heterocycles. The molecule has 0 unspecified atom stereocenters. The van der Waals surface area contributed by atoms with Crippen molar-refractivity contribution in [1.29, 1.82) is 0 Å². The van der Waals surface area contributed by atoms with E-state index in [2.05, 4.69) is 0 Å². The fourth-order valence-electron chi connectivity index (χ4n) is 4.17. The maximum atomic E-state index is 12.0. The van der Waals surface area contributed by atoms with E-state index in [-0.39, 0.29) is 0 Å². The van der Waals surface area contributed by atoms with Crippen molar-refractivity contribution in [2.24, 2.45) is 0 Å². The van der Waals surface area contributed by atoms with E-state index in [9.17, 15) is 39.0 Å². The van der Waals surface area contributed by atoms with Crippen molar-refractivity contribution < 1.29 is 81.6 Å². The van der Waals surface area contributed by atoms with Gasteiger partial charge in [-0.15, -0.1) is 0 Å². The zero-order chi connectivity index (χ0) is 31.0. The van der Waals surface area contributed by atoms with Crippen LogP contribution in [0.4, 0.5) is 0 Å². The molecule has 0 radical (unpaired) electrons. The summed E-state index contributed by atoms with van der Waals surface area (Å²) in [6.45, 7) is 5.14. The third-order valence-corrected chi connectivity index (χ3v) is 5.63. The molecule has 0 bridgehead atoms. The summed E-state index contributed by atoms with van der Waals surface area (Å²) in [6.07, 6.45) is -16.3. The summed E-state index contributed by atoms with van der Waals surface area (Å²) >= 11 is 0. The van der Waals surface area contributed by atoms with Crippen LogP contribution < -0.4 is 0 Å². The van der Waals surface area contributed by atoms with E-state index in [1.54, 1.807) is 0 Å². The molecule has 232 valence electrons. The van der Waals surface area contributed by atoms with Crippen molar-refractivity contribution in [3.63, 3.8) is 0 Å². The van der Waals surface area contributed by atoms with Crippen LogP contribution in [0.25, 0.3) is 0 Å². The molecule has 0 aromatic carbocycles. The van der Waals surface area contributed by atoms with Crippen molar-refractivity contribution in [2.45, 2.75) is 103 Å². The molecule has 2 aliphatic heterocycles. The molecule has 17 heteroatoms. The molecule has 2 rings (SSSR count). The van der Waals surface area contributed by atoms with Crippen molar-refractivity contribution in [1.82, 2.24) is 0 Å². The van der Waals surface area contributed by atoms with Crippen LogP contribution in [0.3, 0.4) is 0 Å². The molecular weight excluding hydrogens is 560 g/mol. The molecule has 2 heterocycles. The number of esters is 6. The number of aliphatic hydroxyl groups is 2. The summed E-state index contributed by atoms with van der Waals surface area (Å²) in [6, 6.07) is 0. The highest BCUT2D eigenvalue weighted by Crippen LogP contribution is 2.33. The van der Waals surface area contributed by atoms with Crippen LogP contribution in [0, 0.1) is 0 Å². The summed E-state index contributed by atoms with van der Waals surface area (Å²) < 4.78 is 48.0. The van der Waals surface area contributed by atoms with E-state index in [0.717, 1.165) is 41.5 Å². The number of rotatable bonds is 10. The van der Waals surface area contributed by atoms with Crippen molar-refractivity contribution in [2.75, 3.05) is 13.2 Å². The molecule has 41 heavy (non-hydrogen) atoms. The number of carbonyl (C=O) groups is 6. The lowest BCUT2D eigenvalue weighted by molar-refractivity contribution is -0.357. The molecule has 2 fully saturated rings. The Kier molecular flexibility index (Phi) is 12.4. The monoisotopic (exact) mass is 594 g/mol. The quantitative estimate of drug-likeness (QED) is 0.206. The molecule has 10 atom stereocenters. The third-order valence-electron chi connectivity index (χ3n) is 5.63. The molecule has 0 aliphatic carbocycles. The number of hydrogen-bond acceptors (Lipinski definition) is 17. The zero-order valence-corrected chi connectivity index (χ0v) is 23.2. The number of aliphatic hydroxyl groups excluding tert-OH is 2. The minimum absolute atomic E-state index is 0.554. The number of hydrogen-bond donors (Lipinski definition) is 2. The lowest BCUT2D eigenvalue weighted by Crippen LogP contribution is -2.66. The second-order valence-electron chi connectivity index (χ2n) is 9.10. The molecule has 0 aromatic rings. The van der Waals surface area contributed by atoms with Gasteiger partial charge in [-0.05, 0) is 0 Å². The highest BCUT2D eigenvalue weighted by Gasteiger charge is 2.56. The molecule has 0 aromatic heterocycles. The second kappa shape index (κ2) is 15.0. The minimum atomic E-state index is -1.88. The number of carbonyl (C=O) groups excluding carboxylic acids is 6. The van der Waals surface area contributed by atoms with Gasteiger partial charge in [-0.25, -0.2) is 0 Å². The highest BCUT2D eigenvalue weighted by molar-refractivity contribution is 5.68. The summed E-state index contributed by atoms with van der Waals surface area (Å²) in [5.74, 6) is -5.07. The Hall–Kier alpha value is -3.38. The van der Waals surface area contributed by atoms with E-state index >= 15 is 0 Å². The SMILES string of the molecule is CC(=O)OC[C@@H]1O[C@@H](O[C@H]2[C@@H](OC(C)=O)[C@@H](OC(C)=O)[C@@H](O)O[C@H]2COC(C)=O)[C@@H](OC(C)=O)[C@@H](OC(C)=O)[C@H]1O. The Balaban J connectivity index is 2.57. The summed E-state index contributed by atoms with van der Waals surface area (Å²) in [5, 5.41) is 21.4. The fraction of sp³-hybridized carbons (Fsp3) is 0.750. The summed E-state index contributed by atoms with van der Waals surface area (Å²) in [4.78, 5) is 70.6. The summed E-state index contributed by atoms with van der Waals surface area (Å²) in [5.41, 5.74) is 0. The van der Waals surface area contributed by atoms with Gasteiger partial charge in [0.15, 0.2) is 37.0 Å². The van der Waals surface area contributed by atoms with Crippen molar-refractivity contribution in [3.05, 3.63) is 0 Å². The van der Waals surface area contributed by atoms with E-state index in [1.165, 1.54) is 0 Å². The van der Waals surface area contributed by atoms with Crippen LogP contribution >= 0.6 is 0 Å². The van der Waals surface area contributed by atoms with Crippen LogP contribution in [0.5, 0.6) is 0 Å². The van der Waals surface area contributed by atoms with Gasteiger partial charge < -0.3 is 52.8 Å². The third kappa shape index (κ3) is 9.89.